The molecule has 0 aliphatic heterocycles. The lowest BCUT2D eigenvalue weighted by atomic mass is 10.3. The van der Waals surface area contributed by atoms with Crippen LogP contribution in [0.3, 0.4) is 0 Å². The lowest BCUT2D eigenvalue weighted by Gasteiger charge is -2.01. The summed E-state index contributed by atoms with van der Waals surface area (Å²) in [6, 6.07) is 0. The van der Waals surface area contributed by atoms with Crippen LogP contribution in [0.1, 0.15) is 21.0 Å². The van der Waals surface area contributed by atoms with Crippen LogP contribution in [0.5, 0.6) is 0 Å². The Labute approximate surface area is 93.7 Å². The summed E-state index contributed by atoms with van der Waals surface area (Å²) in [5.74, 6) is -1.52. The number of nitrogens with zero attached hydrogens (tertiary/aromatic N) is 1. The van der Waals surface area contributed by atoms with Crippen LogP contribution in [0.4, 0.5) is 0 Å². The van der Waals surface area contributed by atoms with Gasteiger partial charge in [0.25, 0.3) is 5.91 Å². The molecule has 0 spiro atoms. The lowest BCUT2D eigenvalue weighted by Crippen LogP contribution is -2.29. The number of hydrogen-bond acceptors (Lipinski definition) is 4. The standard InChI is InChI=1S/C8H11N3O4S/c1-16(15)3-2-9-7(12)5-6(8(13)14)11-4-10-5/h4H,2-3H2,1H3,(H,9,12)(H,10,11)(H,13,14). The van der Waals surface area contributed by atoms with Gasteiger partial charge in [0.15, 0.2) is 11.4 Å². The predicted octanol–water partition coefficient (Wildman–Crippen LogP) is -0.784. The van der Waals surface area contributed by atoms with E-state index in [4.69, 9.17) is 5.11 Å². The molecule has 0 saturated carbocycles. The Morgan fingerprint density at radius 1 is 1.62 bits per heavy atom. The Hall–Kier alpha value is -1.70. The molecule has 0 fully saturated rings. The molecule has 1 atom stereocenters. The van der Waals surface area contributed by atoms with Crippen LogP contribution in [0, 0.1) is 0 Å². The number of imidazole rings is 1. The molecule has 0 bridgehead atoms. The van der Waals surface area contributed by atoms with Gasteiger partial charge in [-0.3, -0.25) is 9.00 Å². The van der Waals surface area contributed by atoms with Crippen LogP contribution in [-0.2, 0) is 10.8 Å². The molecule has 0 saturated heterocycles. The Bertz CT molecular complexity index is 429. The monoisotopic (exact) mass is 245 g/mol. The molecule has 1 rings (SSSR count). The normalized spacial score (nSPS) is 12.1. The molecule has 0 radical (unpaired) electrons. The molecule has 0 aliphatic rings. The third kappa shape index (κ3) is 3.16. The van der Waals surface area contributed by atoms with Crippen LogP contribution < -0.4 is 5.32 Å². The average molecular weight is 245 g/mol. The molecule has 88 valence electrons. The van der Waals surface area contributed by atoms with Crippen LogP contribution in [0.15, 0.2) is 6.33 Å². The molecule has 7 nitrogen and oxygen atoms in total. The summed E-state index contributed by atoms with van der Waals surface area (Å²) >= 11 is 0. The van der Waals surface area contributed by atoms with E-state index in [1.807, 2.05) is 0 Å². The van der Waals surface area contributed by atoms with E-state index in [0.29, 0.717) is 5.75 Å². The van der Waals surface area contributed by atoms with Gasteiger partial charge in [0, 0.05) is 29.4 Å². The Morgan fingerprint density at radius 3 is 2.88 bits per heavy atom. The van der Waals surface area contributed by atoms with Crippen LogP contribution in [-0.4, -0.2) is 49.7 Å². The molecule has 0 aromatic carbocycles. The lowest BCUT2D eigenvalue weighted by molar-refractivity contribution is 0.0685. The number of rotatable bonds is 5. The second kappa shape index (κ2) is 5.40. The summed E-state index contributed by atoms with van der Waals surface area (Å²) in [4.78, 5) is 28.1. The van der Waals surface area contributed by atoms with Crippen molar-refractivity contribution in [3.05, 3.63) is 17.7 Å². The summed E-state index contributed by atoms with van der Waals surface area (Å²) in [5.41, 5.74) is -0.426. The van der Waals surface area contributed by atoms with Crippen LogP contribution in [0.25, 0.3) is 0 Å². The molecule has 8 heteroatoms. The fraction of sp³-hybridized carbons (Fsp3) is 0.375. The van der Waals surface area contributed by atoms with Crippen LogP contribution in [0.2, 0.25) is 0 Å². The first-order valence-corrected chi connectivity index (χ1v) is 6.10. The SMILES string of the molecule is CS(=O)CCNC(=O)c1nc[nH]c1C(=O)O. The van der Waals surface area contributed by atoms with E-state index in [2.05, 4.69) is 15.3 Å². The van der Waals surface area contributed by atoms with Gasteiger partial charge in [0.1, 0.15) is 0 Å². The Morgan fingerprint density at radius 2 is 2.31 bits per heavy atom. The number of aromatic carboxylic acids is 1. The highest BCUT2D eigenvalue weighted by Gasteiger charge is 2.18. The maximum atomic E-state index is 11.5. The van der Waals surface area contributed by atoms with Crippen molar-refractivity contribution >= 4 is 22.7 Å². The molecular weight excluding hydrogens is 234 g/mol. The number of carbonyl (C=O) groups is 2. The van der Waals surface area contributed by atoms with E-state index in [0.717, 1.165) is 6.33 Å². The summed E-state index contributed by atoms with van der Waals surface area (Å²) in [5, 5.41) is 11.2. The number of H-pyrrole nitrogens is 1. The number of hydrogen-bond donors (Lipinski definition) is 3. The summed E-state index contributed by atoms with van der Waals surface area (Å²) < 4.78 is 10.7. The first-order chi connectivity index (χ1) is 7.52. The van der Waals surface area contributed by atoms with Gasteiger partial charge in [0.05, 0.1) is 6.33 Å². The second-order valence-electron chi connectivity index (χ2n) is 2.96. The first-order valence-electron chi connectivity index (χ1n) is 4.37. The van der Waals surface area contributed by atoms with E-state index in [9.17, 15) is 13.8 Å². The van der Waals surface area contributed by atoms with Gasteiger partial charge in [0.2, 0.25) is 0 Å². The second-order valence-corrected chi connectivity index (χ2v) is 4.52. The summed E-state index contributed by atoms with van der Waals surface area (Å²) in [6.07, 6.45) is 2.65. The Kier molecular flexibility index (Phi) is 4.18. The summed E-state index contributed by atoms with van der Waals surface area (Å²) in [6.45, 7) is 0.216. The van der Waals surface area contributed by atoms with Crippen molar-refractivity contribution in [3.8, 4) is 0 Å². The zero-order chi connectivity index (χ0) is 12.1. The zero-order valence-electron chi connectivity index (χ0n) is 8.52. The van der Waals surface area contributed by atoms with Gasteiger partial charge < -0.3 is 15.4 Å². The molecule has 1 heterocycles. The fourth-order valence-corrected chi connectivity index (χ4v) is 1.41. The molecule has 3 N–H and O–H groups in total. The van der Waals surface area contributed by atoms with Gasteiger partial charge in [-0.1, -0.05) is 0 Å². The number of carboxylic acids is 1. The van der Waals surface area contributed by atoms with Gasteiger partial charge >= 0.3 is 5.97 Å². The van der Waals surface area contributed by atoms with Gasteiger partial charge in [-0.05, 0) is 0 Å². The minimum Gasteiger partial charge on any atom is -0.477 e. The third-order valence-corrected chi connectivity index (χ3v) is 2.52. The quantitative estimate of drug-likeness (QED) is 0.629. The fourth-order valence-electron chi connectivity index (χ4n) is 1.02. The molecule has 1 aromatic rings. The maximum Gasteiger partial charge on any atom is 0.354 e. The number of aromatic nitrogens is 2. The van der Waals surface area contributed by atoms with Crippen molar-refractivity contribution in [1.29, 1.82) is 0 Å². The number of carbonyl (C=O) groups excluding carboxylic acids is 1. The molecular formula is C8H11N3O4S. The summed E-state index contributed by atoms with van der Waals surface area (Å²) in [7, 11) is -1.00. The van der Waals surface area contributed by atoms with Gasteiger partial charge in [-0.15, -0.1) is 0 Å². The topological polar surface area (TPSA) is 112 Å². The smallest absolute Gasteiger partial charge is 0.354 e. The predicted molar refractivity (Wildman–Crippen MR) is 56.8 cm³/mol. The highest BCUT2D eigenvalue weighted by atomic mass is 32.2. The van der Waals surface area contributed by atoms with Crippen LogP contribution >= 0.6 is 0 Å². The minimum atomic E-state index is -1.25. The minimum absolute atomic E-state index is 0.172. The largest absolute Gasteiger partial charge is 0.477 e. The molecule has 1 unspecified atom stereocenters. The van der Waals surface area contributed by atoms with Gasteiger partial charge in [-0.25, -0.2) is 9.78 Å². The van der Waals surface area contributed by atoms with E-state index in [1.165, 1.54) is 6.26 Å². The van der Waals surface area contributed by atoms with Crippen molar-refractivity contribution in [1.82, 2.24) is 15.3 Å². The van der Waals surface area contributed by atoms with Crippen molar-refractivity contribution in [2.24, 2.45) is 0 Å². The zero-order valence-corrected chi connectivity index (χ0v) is 9.34. The third-order valence-electron chi connectivity index (χ3n) is 1.74. The maximum absolute atomic E-state index is 11.5. The van der Waals surface area contributed by atoms with Crippen molar-refractivity contribution in [2.75, 3.05) is 18.6 Å². The Balaban J connectivity index is 2.62. The number of nitrogens with one attached hydrogen (secondary N) is 2. The van der Waals surface area contributed by atoms with Crippen molar-refractivity contribution in [2.45, 2.75) is 0 Å². The number of amides is 1. The van der Waals surface area contributed by atoms with E-state index < -0.39 is 22.7 Å². The van der Waals surface area contributed by atoms with E-state index in [1.54, 1.807) is 0 Å². The molecule has 1 amide bonds. The van der Waals surface area contributed by atoms with Crippen molar-refractivity contribution < 1.29 is 18.9 Å². The van der Waals surface area contributed by atoms with E-state index in [-0.39, 0.29) is 17.9 Å². The van der Waals surface area contributed by atoms with Crippen molar-refractivity contribution in [3.63, 3.8) is 0 Å². The first kappa shape index (κ1) is 12.4. The highest BCUT2D eigenvalue weighted by molar-refractivity contribution is 7.84. The molecule has 0 aliphatic carbocycles. The average Bonchev–Trinajstić information content (AvgIpc) is 2.65. The number of aromatic amines is 1. The van der Waals surface area contributed by atoms with E-state index >= 15 is 0 Å². The van der Waals surface area contributed by atoms with Gasteiger partial charge in [-0.2, -0.15) is 0 Å². The molecule has 16 heavy (non-hydrogen) atoms. The highest BCUT2D eigenvalue weighted by Crippen LogP contribution is 2.01. The number of carboxylic acid groups (broad SMARTS) is 1. The molecule has 1 aromatic heterocycles.